The van der Waals surface area contributed by atoms with Gasteiger partial charge in [-0.3, -0.25) is 0 Å². The van der Waals surface area contributed by atoms with Gasteiger partial charge in [0.1, 0.15) is 0 Å². The molecular formula is C17H32O5. The number of hydrogen-bond acceptors (Lipinski definition) is 5. The van der Waals surface area contributed by atoms with E-state index >= 15 is 0 Å². The lowest BCUT2D eigenvalue weighted by atomic mass is 10.3. The summed E-state index contributed by atoms with van der Waals surface area (Å²) in [4.78, 5) is 11.3. The van der Waals surface area contributed by atoms with Crippen LogP contribution in [0.5, 0.6) is 0 Å². The van der Waals surface area contributed by atoms with Crippen molar-refractivity contribution in [1.29, 1.82) is 0 Å². The minimum absolute atomic E-state index is 0.0883. The number of unbranched alkanes of at least 4 members (excludes halogenated alkanes) is 3. The lowest BCUT2D eigenvalue weighted by Gasteiger charge is -2.32. The second kappa shape index (κ2) is 13.7. The molecule has 22 heavy (non-hydrogen) atoms. The predicted molar refractivity (Wildman–Crippen MR) is 86.5 cm³/mol. The van der Waals surface area contributed by atoms with Gasteiger partial charge in [0.05, 0.1) is 19.8 Å². The Labute approximate surface area is 135 Å². The highest BCUT2D eigenvalue weighted by molar-refractivity contribution is 5.81. The van der Waals surface area contributed by atoms with Crippen LogP contribution in [0.4, 0.5) is 0 Å². The van der Waals surface area contributed by atoms with E-state index in [0.717, 1.165) is 44.6 Å². The Bertz CT molecular complexity index is 264. The Morgan fingerprint density at radius 2 is 1.32 bits per heavy atom. The molecule has 5 heteroatoms. The number of rotatable bonds is 15. The fourth-order valence-corrected chi connectivity index (χ4v) is 1.58. The molecule has 0 saturated heterocycles. The molecule has 0 bridgehead atoms. The van der Waals surface area contributed by atoms with Gasteiger partial charge >= 0.3 is 11.9 Å². The van der Waals surface area contributed by atoms with Gasteiger partial charge in [-0.25, -0.2) is 4.79 Å². The van der Waals surface area contributed by atoms with Crippen LogP contribution in [0, 0.1) is 0 Å². The Morgan fingerprint density at radius 3 is 1.64 bits per heavy atom. The van der Waals surface area contributed by atoms with Crippen LogP contribution in [-0.4, -0.2) is 38.4 Å². The lowest BCUT2D eigenvalue weighted by Crippen LogP contribution is -2.45. The Hall–Kier alpha value is -0.910. The quantitative estimate of drug-likeness (QED) is 0.199. The molecule has 0 aliphatic rings. The summed E-state index contributed by atoms with van der Waals surface area (Å²) in [7, 11) is 0. The molecule has 0 aliphatic carbocycles. The summed E-state index contributed by atoms with van der Waals surface area (Å²) in [5.41, 5.74) is 0. The van der Waals surface area contributed by atoms with Crippen molar-refractivity contribution >= 4 is 5.97 Å². The first-order chi connectivity index (χ1) is 10.6. The molecule has 0 unspecified atom stereocenters. The molecule has 0 aromatic rings. The molecule has 130 valence electrons. The summed E-state index contributed by atoms with van der Waals surface area (Å²) in [6, 6.07) is 0. The first-order valence-corrected chi connectivity index (χ1v) is 8.35. The average Bonchev–Trinajstić information content (AvgIpc) is 2.53. The minimum Gasteiger partial charge on any atom is -0.454 e. The Balaban J connectivity index is 4.74. The summed E-state index contributed by atoms with van der Waals surface area (Å²) in [6.45, 7) is 11.0. The van der Waals surface area contributed by atoms with Crippen molar-refractivity contribution in [2.75, 3.05) is 26.4 Å². The Kier molecular flexibility index (Phi) is 13.2. The zero-order chi connectivity index (χ0) is 16.7. The number of carbonyl (C=O) groups excluding carboxylic acids is 1. The van der Waals surface area contributed by atoms with Gasteiger partial charge in [0.2, 0.25) is 0 Å². The highest BCUT2D eigenvalue weighted by Gasteiger charge is 2.35. The van der Waals surface area contributed by atoms with Crippen molar-refractivity contribution in [3.05, 3.63) is 12.7 Å². The molecule has 5 nitrogen and oxygen atoms in total. The smallest absolute Gasteiger partial charge is 0.330 e. The van der Waals surface area contributed by atoms with E-state index in [4.69, 9.17) is 18.9 Å². The standard InChI is InChI=1S/C17H32O5/c1-5-9-12-20-17(21-13-10-6-2,22-14-11-7-3)15-19-16(18)8-4/h8H,4-7,9-15H2,1-3H3. The van der Waals surface area contributed by atoms with E-state index in [0.29, 0.717) is 19.8 Å². The van der Waals surface area contributed by atoms with E-state index in [1.807, 2.05) is 0 Å². The maximum atomic E-state index is 11.3. The molecule has 0 spiro atoms. The number of esters is 1. The molecule has 0 rings (SSSR count). The van der Waals surface area contributed by atoms with Crippen LogP contribution in [0.3, 0.4) is 0 Å². The largest absolute Gasteiger partial charge is 0.454 e. The van der Waals surface area contributed by atoms with Crippen LogP contribution in [0.15, 0.2) is 12.7 Å². The van der Waals surface area contributed by atoms with E-state index in [-0.39, 0.29) is 6.61 Å². The third-order valence-electron chi connectivity index (χ3n) is 3.02. The number of hydrogen-bond donors (Lipinski definition) is 0. The summed E-state index contributed by atoms with van der Waals surface area (Å²) in [5, 5.41) is 0. The third-order valence-corrected chi connectivity index (χ3v) is 3.02. The topological polar surface area (TPSA) is 54.0 Å². The van der Waals surface area contributed by atoms with Crippen molar-refractivity contribution in [1.82, 2.24) is 0 Å². The summed E-state index contributed by atoms with van der Waals surface area (Å²) in [5.74, 6) is -1.82. The fourth-order valence-electron chi connectivity index (χ4n) is 1.58. The second-order valence-corrected chi connectivity index (χ2v) is 5.10. The van der Waals surface area contributed by atoms with Gasteiger partial charge in [-0.05, 0) is 19.3 Å². The second-order valence-electron chi connectivity index (χ2n) is 5.10. The predicted octanol–water partition coefficient (Wildman–Crippen LogP) is 3.82. The van der Waals surface area contributed by atoms with Gasteiger partial charge < -0.3 is 18.9 Å². The highest BCUT2D eigenvalue weighted by atomic mass is 16.9. The van der Waals surface area contributed by atoms with Crippen molar-refractivity contribution in [3.63, 3.8) is 0 Å². The van der Waals surface area contributed by atoms with Crippen LogP contribution in [-0.2, 0) is 23.7 Å². The molecule has 0 aromatic heterocycles. The lowest BCUT2D eigenvalue weighted by molar-refractivity contribution is -0.391. The first-order valence-electron chi connectivity index (χ1n) is 8.35. The van der Waals surface area contributed by atoms with Gasteiger partial charge in [-0.2, -0.15) is 0 Å². The van der Waals surface area contributed by atoms with E-state index in [1.165, 1.54) is 0 Å². The molecule has 0 N–H and O–H groups in total. The Morgan fingerprint density at radius 1 is 0.909 bits per heavy atom. The molecule has 0 aliphatic heterocycles. The maximum Gasteiger partial charge on any atom is 0.330 e. The van der Waals surface area contributed by atoms with Crippen molar-refractivity contribution in [3.8, 4) is 0 Å². The normalized spacial score (nSPS) is 11.4. The monoisotopic (exact) mass is 316 g/mol. The molecule has 0 heterocycles. The van der Waals surface area contributed by atoms with E-state index in [2.05, 4.69) is 27.4 Å². The van der Waals surface area contributed by atoms with Gasteiger partial charge in [0, 0.05) is 6.08 Å². The van der Waals surface area contributed by atoms with Crippen LogP contribution in [0.1, 0.15) is 59.3 Å². The van der Waals surface area contributed by atoms with Crippen molar-refractivity contribution in [2.24, 2.45) is 0 Å². The molecule has 0 aromatic carbocycles. The fraction of sp³-hybridized carbons (Fsp3) is 0.824. The molecular weight excluding hydrogens is 284 g/mol. The van der Waals surface area contributed by atoms with E-state index in [1.54, 1.807) is 0 Å². The van der Waals surface area contributed by atoms with Gasteiger partial charge in [0.15, 0.2) is 6.61 Å². The molecule has 0 saturated carbocycles. The van der Waals surface area contributed by atoms with Crippen molar-refractivity contribution in [2.45, 2.75) is 65.3 Å². The molecule has 0 amide bonds. The van der Waals surface area contributed by atoms with Crippen LogP contribution in [0.2, 0.25) is 0 Å². The van der Waals surface area contributed by atoms with E-state index in [9.17, 15) is 4.79 Å². The van der Waals surface area contributed by atoms with Crippen LogP contribution in [0.25, 0.3) is 0 Å². The number of ether oxygens (including phenoxy) is 4. The summed E-state index contributed by atoms with van der Waals surface area (Å²) >= 11 is 0. The highest BCUT2D eigenvalue weighted by Crippen LogP contribution is 2.19. The molecule has 0 fully saturated rings. The zero-order valence-electron chi connectivity index (χ0n) is 14.4. The summed E-state index contributed by atoms with van der Waals surface area (Å²) in [6.07, 6.45) is 6.82. The van der Waals surface area contributed by atoms with Crippen LogP contribution < -0.4 is 0 Å². The average molecular weight is 316 g/mol. The SMILES string of the molecule is C=CC(=O)OCC(OCCCC)(OCCCC)OCCCC. The third kappa shape index (κ3) is 9.92. The van der Waals surface area contributed by atoms with Crippen LogP contribution >= 0.6 is 0 Å². The van der Waals surface area contributed by atoms with E-state index < -0.39 is 11.9 Å². The number of carbonyl (C=O) groups is 1. The first kappa shape index (κ1) is 21.1. The zero-order valence-corrected chi connectivity index (χ0v) is 14.4. The molecule has 0 radical (unpaired) electrons. The molecule has 0 atom stereocenters. The van der Waals surface area contributed by atoms with Gasteiger partial charge in [-0.15, -0.1) is 0 Å². The maximum absolute atomic E-state index is 11.3. The minimum atomic E-state index is -1.31. The summed E-state index contributed by atoms with van der Waals surface area (Å²) < 4.78 is 22.5. The van der Waals surface area contributed by atoms with Crippen molar-refractivity contribution < 1.29 is 23.7 Å². The van der Waals surface area contributed by atoms with Gasteiger partial charge in [0.25, 0.3) is 0 Å². The van der Waals surface area contributed by atoms with Gasteiger partial charge in [-0.1, -0.05) is 46.6 Å².